The second-order valence-corrected chi connectivity index (χ2v) is 11.4. The zero-order valence-electron chi connectivity index (χ0n) is 26.3. The number of amides is 1. The van der Waals surface area contributed by atoms with Crippen molar-refractivity contribution in [1.29, 1.82) is 0 Å². The molecule has 0 bridgehead atoms. The van der Waals surface area contributed by atoms with E-state index in [1.165, 1.54) is 5.56 Å². The van der Waals surface area contributed by atoms with Crippen molar-refractivity contribution in [3.05, 3.63) is 65.7 Å². The van der Waals surface area contributed by atoms with Crippen molar-refractivity contribution in [1.82, 2.24) is 10.2 Å². The molecule has 4 N–H and O–H groups in total. The first-order chi connectivity index (χ1) is 21.4. The standard InChI is InChI=1S/C34H52N2O8/c1-3-4-5-11-20-36(23-30(37)32(39)33-31(38)25-42-26(2)44-33)21-22-41-29-17-15-27(16-18-29)12-9-10-19-35-34(40)43-24-28-13-7-6-8-14-28/h6-8,13-18,26,30-33,37-39H,3-5,9-12,19-25H2,1-2H3,(H,35,40)/t26?,30-,31+,32+,33+/m0/s1. The first-order valence-corrected chi connectivity index (χ1v) is 16.1. The van der Waals surface area contributed by atoms with Crippen LogP contribution in [0.4, 0.5) is 4.79 Å². The van der Waals surface area contributed by atoms with E-state index in [-0.39, 0.29) is 19.8 Å². The smallest absolute Gasteiger partial charge is 0.407 e. The van der Waals surface area contributed by atoms with E-state index in [9.17, 15) is 20.1 Å². The molecular formula is C34H52N2O8. The number of benzene rings is 2. The van der Waals surface area contributed by atoms with E-state index in [1.807, 2.05) is 42.5 Å². The van der Waals surface area contributed by atoms with Crippen molar-refractivity contribution in [3.8, 4) is 5.75 Å². The molecule has 246 valence electrons. The summed E-state index contributed by atoms with van der Waals surface area (Å²) in [5.41, 5.74) is 2.16. The molecule has 1 heterocycles. The van der Waals surface area contributed by atoms with E-state index < -0.39 is 36.8 Å². The lowest BCUT2D eigenvalue weighted by Crippen LogP contribution is -2.55. The summed E-state index contributed by atoms with van der Waals surface area (Å²) in [6.07, 6.45) is 1.92. The van der Waals surface area contributed by atoms with Crippen molar-refractivity contribution in [3.63, 3.8) is 0 Å². The highest BCUT2D eigenvalue weighted by molar-refractivity contribution is 5.67. The lowest BCUT2D eigenvalue weighted by atomic mass is 10.0. The molecule has 1 amide bonds. The van der Waals surface area contributed by atoms with Crippen molar-refractivity contribution in [2.75, 3.05) is 39.4 Å². The SMILES string of the molecule is CCCCCCN(CCOc1ccc(CCCCNC(=O)OCc2ccccc2)cc1)C[C@H](O)[C@@H](O)[C@@H]1OC(C)OC[C@H]1O. The maximum absolute atomic E-state index is 11.9. The monoisotopic (exact) mass is 616 g/mol. The third-order valence-corrected chi connectivity index (χ3v) is 7.71. The lowest BCUT2D eigenvalue weighted by Gasteiger charge is -2.37. The van der Waals surface area contributed by atoms with Gasteiger partial charge in [0.1, 0.15) is 37.3 Å². The van der Waals surface area contributed by atoms with E-state index in [4.69, 9.17) is 18.9 Å². The number of nitrogens with zero attached hydrogens (tertiary/aromatic N) is 1. The predicted molar refractivity (Wildman–Crippen MR) is 168 cm³/mol. The van der Waals surface area contributed by atoms with Gasteiger partial charge in [0.15, 0.2) is 6.29 Å². The first-order valence-electron chi connectivity index (χ1n) is 16.1. The Hall–Kier alpha value is -2.73. The van der Waals surface area contributed by atoms with Crippen LogP contribution in [-0.2, 0) is 27.2 Å². The van der Waals surface area contributed by atoms with Gasteiger partial charge < -0.3 is 39.6 Å². The van der Waals surface area contributed by atoms with Gasteiger partial charge in [-0.05, 0) is 62.4 Å². The van der Waals surface area contributed by atoms with Crippen LogP contribution in [0.5, 0.6) is 5.75 Å². The van der Waals surface area contributed by atoms with E-state index in [0.717, 1.165) is 62.8 Å². The van der Waals surface area contributed by atoms with Gasteiger partial charge >= 0.3 is 6.09 Å². The summed E-state index contributed by atoms with van der Waals surface area (Å²) in [6, 6.07) is 17.6. The molecule has 1 aliphatic rings. The molecule has 3 rings (SSSR count). The maximum Gasteiger partial charge on any atom is 0.407 e. The molecule has 1 aliphatic heterocycles. The number of alkyl carbamates (subject to hydrolysis) is 1. The molecule has 5 atom stereocenters. The zero-order valence-corrected chi connectivity index (χ0v) is 26.3. The van der Waals surface area contributed by atoms with Gasteiger partial charge in [-0.3, -0.25) is 4.90 Å². The average molecular weight is 617 g/mol. The minimum Gasteiger partial charge on any atom is -0.492 e. The molecule has 2 aromatic rings. The molecule has 0 radical (unpaired) electrons. The minimum atomic E-state index is -1.23. The molecule has 0 spiro atoms. The molecule has 1 unspecified atom stereocenters. The average Bonchev–Trinajstić information content (AvgIpc) is 3.03. The summed E-state index contributed by atoms with van der Waals surface area (Å²) in [6.45, 7) is 6.82. The van der Waals surface area contributed by atoms with Gasteiger partial charge in [0.05, 0.1) is 12.7 Å². The third-order valence-electron chi connectivity index (χ3n) is 7.71. The topological polar surface area (TPSA) is 130 Å². The van der Waals surface area contributed by atoms with Crippen LogP contribution in [0, 0.1) is 0 Å². The first kappa shape index (κ1) is 35.7. The fraction of sp³-hybridized carbons (Fsp3) is 0.618. The number of aliphatic hydroxyl groups is 3. The van der Waals surface area contributed by atoms with Crippen LogP contribution in [-0.4, -0.2) is 96.4 Å². The van der Waals surface area contributed by atoms with Crippen LogP contribution < -0.4 is 10.1 Å². The Bertz CT molecular complexity index is 1040. The van der Waals surface area contributed by atoms with E-state index in [1.54, 1.807) is 6.92 Å². The molecule has 1 fully saturated rings. The number of carbonyl (C=O) groups is 1. The maximum atomic E-state index is 11.9. The van der Waals surface area contributed by atoms with Gasteiger partial charge in [-0.1, -0.05) is 68.7 Å². The molecule has 44 heavy (non-hydrogen) atoms. The lowest BCUT2D eigenvalue weighted by molar-refractivity contribution is -0.272. The number of hydrogen-bond acceptors (Lipinski definition) is 9. The van der Waals surface area contributed by atoms with Crippen LogP contribution in [0.25, 0.3) is 0 Å². The highest BCUT2D eigenvalue weighted by Gasteiger charge is 2.38. The van der Waals surface area contributed by atoms with Gasteiger partial charge in [0, 0.05) is 19.6 Å². The highest BCUT2D eigenvalue weighted by Crippen LogP contribution is 2.19. The number of aliphatic hydroxyl groups excluding tert-OH is 3. The second-order valence-electron chi connectivity index (χ2n) is 11.4. The van der Waals surface area contributed by atoms with Crippen molar-refractivity contribution < 1.29 is 39.1 Å². The van der Waals surface area contributed by atoms with Gasteiger partial charge in [0.25, 0.3) is 0 Å². The Balaban J connectivity index is 1.35. The molecule has 10 nitrogen and oxygen atoms in total. The molecule has 10 heteroatoms. The number of unbranched alkanes of at least 4 members (excludes halogenated alkanes) is 4. The van der Waals surface area contributed by atoms with Crippen LogP contribution in [0.15, 0.2) is 54.6 Å². The largest absolute Gasteiger partial charge is 0.492 e. The van der Waals surface area contributed by atoms with Crippen molar-refractivity contribution in [2.24, 2.45) is 0 Å². The number of aryl methyl sites for hydroxylation is 1. The highest BCUT2D eigenvalue weighted by atomic mass is 16.7. The number of hydrogen-bond donors (Lipinski definition) is 4. The normalized spacial score (nSPS) is 19.8. The number of rotatable bonds is 20. The van der Waals surface area contributed by atoms with Crippen LogP contribution in [0.1, 0.15) is 63.5 Å². The molecular weight excluding hydrogens is 564 g/mol. The Morgan fingerprint density at radius 3 is 2.52 bits per heavy atom. The zero-order chi connectivity index (χ0) is 31.6. The number of carbonyl (C=O) groups excluding carboxylic acids is 1. The molecule has 0 aliphatic carbocycles. The molecule has 0 aromatic heterocycles. The van der Waals surface area contributed by atoms with Crippen LogP contribution in [0.2, 0.25) is 0 Å². The fourth-order valence-corrected chi connectivity index (χ4v) is 5.10. The summed E-state index contributed by atoms with van der Waals surface area (Å²) in [5.74, 6) is 0.774. The summed E-state index contributed by atoms with van der Waals surface area (Å²) in [7, 11) is 0. The van der Waals surface area contributed by atoms with E-state index >= 15 is 0 Å². The molecule has 0 saturated carbocycles. The quantitative estimate of drug-likeness (QED) is 0.163. The summed E-state index contributed by atoms with van der Waals surface area (Å²) in [4.78, 5) is 14.0. The second kappa shape index (κ2) is 20.3. The van der Waals surface area contributed by atoms with Gasteiger partial charge in [-0.25, -0.2) is 4.79 Å². The molecule has 2 aromatic carbocycles. The number of nitrogens with one attached hydrogen (secondary N) is 1. The summed E-state index contributed by atoms with van der Waals surface area (Å²) >= 11 is 0. The summed E-state index contributed by atoms with van der Waals surface area (Å²) in [5, 5.41) is 34.5. The molecule has 1 saturated heterocycles. The Morgan fingerprint density at radius 2 is 1.77 bits per heavy atom. The fourth-order valence-electron chi connectivity index (χ4n) is 5.10. The Labute approximate surface area is 262 Å². The summed E-state index contributed by atoms with van der Waals surface area (Å²) < 4.78 is 22.0. The van der Waals surface area contributed by atoms with Crippen LogP contribution >= 0.6 is 0 Å². The Kier molecular flexibility index (Phi) is 16.5. The van der Waals surface area contributed by atoms with Gasteiger partial charge in [0.2, 0.25) is 0 Å². The Morgan fingerprint density at radius 1 is 1.00 bits per heavy atom. The van der Waals surface area contributed by atoms with Crippen LogP contribution in [0.3, 0.4) is 0 Å². The van der Waals surface area contributed by atoms with Gasteiger partial charge in [-0.2, -0.15) is 0 Å². The number of ether oxygens (including phenoxy) is 4. The van der Waals surface area contributed by atoms with Crippen molar-refractivity contribution in [2.45, 2.75) is 96.1 Å². The van der Waals surface area contributed by atoms with E-state index in [2.05, 4.69) is 29.3 Å². The third kappa shape index (κ3) is 13.5. The van der Waals surface area contributed by atoms with Crippen molar-refractivity contribution >= 4 is 6.09 Å². The minimum absolute atomic E-state index is 0.0617. The predicted octanol–water partition coefficient (Wildman–Crippen LogP) is 4.04. The van der Waals surface area contributed by atoms with Gasteiger partial charge in [-0.15, -0.1) is 0 Å². The van der Waals surface area contributed by atoms with E-state index in [0.29, 0.717) is 19.7 Å².